The minimum atomic E-state index is -4.14. The summed E-state index contributed by atoms with van der Waals surface area (Å²) in [6.45, 7) is 0. The van der Waals surface area contributed by atoms with Gasteiger partial charge in [-0.05, 0) is 35.7 Å². The second kappa shape index (κ2) is 8.97. The van der Waals surface area contributed by atoms with Crippen molar-refractivity contribution in [2.75, 3.05) is 24.3 Å². The van der Waals surface area contributed by atoms with E-state index in [0.29, 0.717) is 11.4 Å². The van der Waals surface area contributed by atoms with Crippen LogP contribution in [0.5, 0.6) is 5.75 Å². The van der Waals surface area contributed by atoms with Crippen molar-refractivity contribution in [1.82, 2.24) is 0 Å². The summed E-state index contributed by atoms with van der Waals surface area (Å²) in [7, 11) is -1.45. The van der Waals surface area contributed by atoms with Crippen LogP contribution in [0.3, 0.4) is 0 Å². The van der Waals surface area contributed by atoms with Crippen LogP contribution >= 0.6 is 11.3 Å². The first-order chi connectivity index (χ1) is 14.4. The first-order valence-corrected chi connectivity index (χ1v) is 10.9. The van der Waals surface area contributed by atoms with Gasteiger partial charge in [0.05, 0.1) is 25.5 Å². The van der Waals surface area contributed by atoms with Crippen LogP contribution in [-0.4, -0.2) is 34.5 Å². The van der Waals surface area contributed by atoms with Crippen LogP contribution in [0.4, 0.5) is 11.4 Å². The number of para-hydroxylation sites is 1. The Balaban J connectivity index is 1.89. The molecule has 0 bridgehead atoms. The number of rotatable bonds is 7. The monoisotopic (exact) mass is 446 g/mol. The molecule has 1 heterocycles. The van der Waals surface area contributed by atoms with E-state index in [9.17, 15) is 18.0 Å². The highest BCUT2D eigenvalue weighted by atomic mass is 32.2. The lowest BCUT2D eigenvalue weighted by atomic mass is 10.1. The molecule has 3 rings (SSSR count). The highest BCUT2D eigenvalue weighted by molar-refractivity contribution is 7.93. The smallest absolute Gasteiger partial charge is 0.349 e. The zero-order valence-corrected chi connectivity index (χ0v) is 17.7. The third-order valence-corrected chi connectivity index (χ3v) is 6.46. The molecule has 0 atom stereocenters. The topological polar surface area (TPSA) is 111 Å². The Morgan fingerprint density at radius 1 is 1.00 bits per heavy atom. The third-order valence-electron chi connectivity index (χ3n) is 4.03. The number of carbonyl (C=O) groups excluding carboxylic acids is 2. The predicted molar refractivity (Wildman–Crippen MR) is 114 cm³/mol. The van der Waals surface area contributed by atoms with Crippen molar-refractivity contribution < 1.29 is 27.5 Å². The van der Waals surface area contributed by atoms with Crippen molar-refractivity contribution in [3.05, 3.63) is 70.4 Å². The minimum Gasteiger partial charge on any atom is -0.497 e. The molecule has 30 heavy (non-hydrogen) atoms. The lowest BCUT2D eigenvalue weighted by Crippen LogP contribution is -2.19. The Hall–Kier alpha value is -3.37. The maximum absolute atomic E-state index is 12.9. The normalized spacial score (nSPS) is 10.9. The fourth-order valence-electron chi connectivity index (χ4n) is 2.62. The second-order valence-electron chi connectivity index (χ2n) is 5.94. The van der Waals surface area contributed by atoms with Crippen LogP contribution in [0.2, 0.25) is 0 Å². The van der Waals surface area contributed by atoms with Crippen molar-refractivity contribution in [3.63, 3.8) is 0 Å². The Morgan fingerprint density at radius 2 is 1.77 bits per heavy atom. The summed E-state index contributed by atoms with van der Waals surface area (Å²) in [6.07, 6.45) is 0. The fraction of sp³-hybridized carbons (Fsp3) is 0.100. The van der Waals surface area contributed by atoms with Crippen molar-refractivity contribution in [2.24, 2.45) is 0 Å². The van der Waals surface area contributed by atoms with E-state index in [1.54, 1.807) is 36.4 Å². The molecule has 0 aliphatic heterocycles. The van der Waals surface area contributed by atoms with Gasteiger partial charge in [-0.15, -0.1) is 11.3 Å². The molecule has 1 aromatic heterocycles. The number of nitrogens with one attached hydrogen (secondary N) is 2. The molecule has 0 saturated carbocycles. The number of methoxy groups -OCH3 is 2. The molecule has 156 valence electrons. The number of benzene rings is 2. The summed E-state index contributed by atoms with van der Waals surface area (Å²) >= 11 is 0.951. The molecule has 1 amide bonds. The van der Waals surface area contributed by atoms with Crippen molar-refractivity contribution in [1.29, 1.82) is 0 Å². The zero-order chi connectivity index (χ0) is 21.7. The standard InChI is InChI=1S/C20H18N2O6S2/c1-27-14-7-5-6-13(12-14)21-19(23)15-8-3-4-9-16(15)22-30(25,26)17-10-11-29-18(17)20(24)28-2/h3-12,22H,1-2H3,(H,21,23). The van der Waals surface area contributed by atoms with Gasteiger partial charge in [0.15, 0.2) is 0 Å². The van der Waals surface area contributed by atoms with Gasteiger partial charge in [-0.3, -0.25) is 9.52 Å². The molecule has 0 radical (unpaired) electrons. The number of hydrogen-bond acceptors (Lipinski definition) is 7. The van der Waals surface area contributed by atoms with E-state index in [1.807, 2.05) is 0 Å². The number of thiophene rings is 1. The van der Waals surface area contributed by atoms with E-state index >= 15 is 0 Å². The number of sulfonamides is 1. The van der Waals surface area contributed by atoms with Crippen LogP contribution in [0, 0.1) is 0 Å². The molecule has 10 heteroatoms. The van der Waals surface area contributed by atoms with E-state index in [2.05, 4.69) is 14.8 Å². The van der Waals surface area contributed by atoms with E-state index in [0.717, 1.165) is 11.3 Å². The van der Waals surface area contributed by atoms with Crippen molar-refractivity contribution in [2.45, 2.75) is 4.90 Å². The maximum Gasteiger partial charge on any atom is 0.349 e. The van der Waals surface area contributed by atoms with E-state index in [4.69, 9.17) is 4.74 Å². The van der Waals surface area contributed by atoms with Crippen LogP contribution in [0.25, 0.3) is 0 Å². The van der Waals surface area contributed by atoms with Gasteiger partial charge in [0, 0.05) is 11.8 Å². The Bertz CT molecular complexity index is 1190. The van der Waals surface area contributed by atoms with Crippen LogP contribution in [0.1, 0.15) is 20.0 Å². The van der Waals surface area contributed by atoms with E-state index in [1.165, 1.54) is 37.8 Å². The SMILES string of the molecule is COC(=O)c1sccc1S(=O)(=O)Nc1ccccc1C(=O)Nc1cccc(OC)c1. The van der Waals surface area contributed by atoms with Gasteiger partial charge in [0.25, 0.3) is 15.9 Å². The van der Waals surface area contributed by atoms with Crippen LogP contribution in [-0.2, 0) is 14.8 Å². The molecule has 0 aliphatic rings. The van der Waals surface area contributed by atoms with Crippen LogP contribution < -0.4 is 14.8 Å². The lowest BCUT2D eigenvalue weighted by molar-refractivity contribution is 0.0602. The van der Waals surface area contributed by atoms with E-state index < -0.39 is 21.9 Å². The van der Waals surface area contributed by atoms with Gasteiger partial charge in [-0.25, -0.2) is 13.2 Å². The summed E-state index contributed by atoms with van der Waals surface area (Å²) < 4.78 is 37.9. The average Bonchev–Trinajstić information content (AvgIpc) is 3.24. The van der Waals surface area contributed by atoms with Gasteiger partial charge < -0.3 is 14.8 Å². The predicted octanol–water partition coefficient (Wildman–Crippen LogP) is 3.60. The molecule has 0 fully saturated rings. The molecule has 8 nitrogen and oxygen atoms in total. The Morgan fingerprint density at radius 3 is 2.50 bits per heavy atom. The summed E-state index contributed by atoms with van der Waals surface area (Å²) in [5, 5.41) is 4.18. The summed E-state index contributed by atoms with van der Waals surface area (Å²) in [5.41, 5.74) is 0.668. The lowest BCUT2D eigenvalue weighted by Gasteiger charge is -2.13. The van der Waals surface area contributed by atoms with Gasteiger partial charge in [-0.2, -0.15) is 0 Å². The largest absolute Gasteiger partial charge is 0.497 e. The number of esters is 1. The van der Waals surface area contributed by atoms with Gasteiger partial charge in [-0.1, -0.05) is 18.2 Å². The van der Waals surface area contributed by atoms with Gasteiger partial charge >= 0.3 is 5.97 Å². The molecule has 2 N–H and O–H groups in total. The highest BCUT2D eigenvalue weighted by Crippen LogP contribution is 2.27. The summed E-state index contributed by atoms with van der Waals surface area (Å²) in [6, 6.07) is 14.2. The number of anilines is 2. The maximum atomic E-state index is 12.9. The summed E-state index contributed by atoms with van der Waals surface area (Å²) in [5.74, 6) is -0.705. The molecular formula is C20H18N2O6S2. The Labute approximate surface area is 177 Å². The molecule has 3 aromatic rings. The second-order valence-corrected chi connectivity index (χ2v) is 8.51. The van der Waals surface area contributed by atoms with Gasteiger partial charge in [0.2, 0.25) is 0 Å². The molecule has 0 aliphatic carbocycles. The number of hydrogen-bond donors (Lipinski definition) is 2. The average molecular weight is 447 g/mol. The highest BCUT2D eigenvalue weighted by Gasteiger charge is 2.26. The molecule has 2 aromatic carbocycles. The Kier molecular flexibility index (Phi) is 6.38. The molecule has 0 unspecified atom stereocenters. The molecule has 0 saturated heterocycles. The summed E-state index contributed by atoms with van der Waals surface area (Å²) in [4.78, 5) is 24.3. The first kappa shape index (κ1) is 21.3. The fourth-order valence-corrected chi connectivity index (χ4v) is 5.04. The number of amides is 1. The molecular weight excluding hydrogens is 428 g/mol. The quantitative estimate of drug-likeness (QED) is 0.537. The zero-order valence-electron chi connectivity index (χ0n) is 16.0. The van der Waals surface area contributed by atoms with E-state index in [-0.39, 0.29) is 21.0 Å². The van der Waals surface area contributed by atoms with Crippen LogP contribution in [0.15, 0.2) is 64.9 Å². The third kappa shape index (κ3) is 4.61. The van der Waals surface area contributed by atoms with Crippen molar-refractivity contribution >= 4 is 44.6 Å². The van der Waals surface area contributed by atoms with Crippen molar-refractivity contribution in [3.8, 4) is 5.75 Å². The first-order valence-electron chi connectivity index (χ1n) is 8.59. The number of ether oxygens (including phenoxy) is 2. The van der Waals surface area contributed by atoms with Gasteiger partial charge in [0.1, 0.15) is 15.5 Å². The minimum absolute atomic E-state index is 0.0525. The molecule has 0 spiro atoms. The number of carbonyl (C=O) groups is 2.